The van der Waals surface area contributed by atoms with Crippen LogP contribution in [-0.2, 0) is 6.42 Å². The Bertz CT molecular complexity index is 454. The molecule has 0 fully saturated rings. The Labute approximate surface area is 104 Å². The Balaban J connectivity index is 2.10. The maximum Gasteiger partial charge on any atom is 0.318 e. The predicted molar refractivity (Wildman–Crippen MR) is 68.2 cm³/mol. The first-order valence-corrected chi connectivity index (χ1v) is 6.39. The fourth-order valence-electron chi connectivity index (χ4n) is 1.50. The third-order valence-electron chi connectivity index (χ3n) is 2.65. The van der Waals surface area contributed by atoms with Gasteiger partial charge in [0.25, 0.3) is 0 Å². The summed E-state index contributed by atoms with van der Waals surface area (Å²) < 4.78 is 5.53. The molecule has 92 valence electrons. The fraction of sp³-hybridized carbons (Fsp3) is 0.455. The largest absolute Gasteiger partial charge is 0.408 e. The van der Waals surface area contributed by atoms with E-state index in [1.807, 2.05) is 18.0 Å². The number of hydrogen-bond acceptors (Lipinski definition) is 6. The van der Waals surface area contributed by atoms with Gasteiger partial charge in [0.15, 0.2) is 0 Å². The minimum absolute atomic E-state index is 0.223. The minimum atomic E-state index is 0.223. The van der Waals surface area contributed by atoms with Crippen molar-refractivity contribution in [2.45, 2.75) is 19.4 Å². The maximum atomic E-state index is 5.53. The average Bonchev–Trinajstić information content (AvgIpc) is 2.98. The van der Waals surface area contributed by atoms with Crippen molar-refractivity contribution in [1.29, 1.82) is 0 Å². The summed E-state index contributed by atoms with van der Waals surface area (Å²) in [5.41, 5.74) is 5.44. The van der Waals surface area contributed by atoms with E-state index in [-0.39, 0.29) is 6.04 Å². The molecule has 0 aliphatic carbocycles. The van der Waals surface area contributed by atoms with E-state index in [1.165, 1.54) is 4.88 Å². The van der Waals surface area contributed by atoms with Crippen LogP contribution in [0.4, 0.5) is 6.01 Å². The molecule has 0 amide bonds. The third-order valence-corrected chi connectivity index (χ3v) is 3.69. The molecule has 2 N–H and O–H groups in total. The van der Waals surface area contributed by atoms with Crippen molar-refractivity contribution in [3.63, 3.8) is 0 Å². The molecule has 0 aliphatic heterocycles. The Kier molecular flexibility index (Phi) is 3.75. The maximum absolute atomic E-state index is 5.53. The molecule has 0 aliphatic rings. The van der Waals surface area contributed by atoms with E-state index in [0.717, 1.165) is 0 Å². The zero-order chi connectivity index (χ0) is 12.3. The lowest BCUT2D eigenvalue weighted by atomic mass is 10.2. The number of hydrogen-bond donors (Lipinski definition) is 1. The van der Waals surface area contributed by atoms with Gasteiger partial charge in [-0.15, -0.1) is 16.4 Å². The third kappa shape index (κ3) is 2.65. The van der Waals surface area contributed by atoms with Crippen molar-refractivity contribution in [3.05, 3.63) is 28.3 Å². The van der Waals surface area contributed by atoms with Crippen LogP contribution in [0.2, 0.25) is 0 Å². The zero-order valence-electron chi connectivity index (χ0n) is 9.96. The predicted octanol–water partition coefficient (Wildman–Crippen LogP) is 1.83. The van der Waals surface area contributed by atoms with Crippen molar-refractivity contribution >= 4 is 17.4 Å². The summed E-state index contributed by atoms with van der Waals surface area (Å²) in [6, 6.07) is 4.90. The molecule has 5 nitrogen and oxygen atoms in total. The van der Waals surface area contributed by atoms with Gasteiger partial charge in [-0.3, -0.25) is 0 Å². The Morgan fingerprint density at radius 2 is 2.35 bits per heavy atom. The van der Waals surface area contributed by atoms with Gasteiger partial charge in [0.05, 0.1) is 6.04 Å². The van der Waals surface area contributed by atoms with Crippen LogP contribution in [-0.4, -0.2) is 23.8 Å². The van der Waals surface area contributed by atoms with Crippen LogP contribution in [0.1, 0.15) is 23.7 Å². The summed E-state index contributed by atoms with van der Waals surface area (Å²) in [6.45, 7) is 2.63. The van der Waals surface area contributed by atoms with Gasteiger partial charge in [-0.25, -0.2) is 0 Å². The fourth-order valence-corrected chi connectivity index (χ4v) is 2.32. The van der Waals surface area contributed by atoms with Crippen LogP contribution in [0.25, 0.3) is 0 Å². The zero-order valence-corrected chi connectivity index (χ0v) is 10.8. The number of nitrogens with two attached hydrogens (primary N) is 1. The van der Waals surface area contributed by atoms with Crippen LogP contribution in [0.15, 0.2) is 21.9 Å². The van der Waals surface area contributed by atoms with Gasteiger partial charge in [0.2, 0.25) is 5.89 Å². The first-order valence-electron chi connectivity index (χ1n) is 5.51. The Hall–Kier alpha value is -1.40. The van der Waals surface area contributed by atoms with Crippen molar-refractivity contribution < 1.29 is 4.42 Å². The number of rotatable bonds is 5. The molecular weight excluding hydrogens is 236 g/mol. The van der Waals surface area contributed by atoms with Gasteiger partial charge >= 0.3 is 6.01 Å². The van der Waals surface area contributed by atoms with Crippen LogP contribution >= 0.6 is 11.3 Å². The molecule has 0 saturated carbocycles. The van der Waals surface area contributed by atoms with E-state index in [2.05, 4.69) is 28.6 Å². The summed E-state index contributed by atoms with van der Waals surface area (Å²) >= 11 is 1.72. The molecule has 17 heavy (non-hydrogen) atoms. The molecule has 2 rings (SSSR count). The molecule has 0 saturated heterocycles. The second kappa shape index (κ2) is 5.29. The molecule has 0 spiro atoms. The van der Waals surface area contributed by atoms with Gasteiger partial charge in [0.1, 0.15) is 0 Å². The summed E-state index contributed by atoms with van der Waals surface area (Å²) in [5, 5.41) is 10.0. The number of aromatic nitrogens is 2. The van der Waals surface area contributed by atoms with E-state index in [4.69, 9.17) is 10.2 Å². The molecule has 0 radical (unpaired) electrons. The number of anilines is 1. The van der Waals surface area contributed by atoms with E-state index in [0.29, 0.717) is 24.9 Å². The average molecular weight is 252 g/mol. The Morgan fingerprint density at radius 1 is 1.53 bits per heavy atom. The van der Waals surface area contributed by atoms with Gasteiger partial charge in [-0.05, 0) is 18.4 Å². The topological polar surface area (TPSA) is 68.2 Å². The van der Waals surface area contributed by atoms with Gasteiger partial charge in [-0.1, -0.05) is 11.2 Å². The molecule has 2 aromatic rings. The van der Waals surface area contributed by atoms with Crippen molar-refractivity contribution in [2.24, 2.45) is 5.73 Å². The van der Waals surface area contributed by atoms with Gasteiger partial charge in [-0.2, -0.15) is 0 Å². The summed E-state index contributed by atoms with van der Waals surface area (Å²) in [6.07, 6.45) is 0.619. The normalized spacial score (nSPS) is 12.6. The van der Waals surface area contributed by atoms with E-state index in [9.17, 15) is 0 Å². The number of nitrogens with zero attached hydrogens (tertiary/aromatic N) is 3. The summed E-state index contributed by atoms with van der Waals surface area (Å²) in [7, 11) is 1.95. The van der Waals surface area contributed by atoms with Crippen molar-refractivity contribution in [2.75, 3.05) is 18.5 Å². The lowest BCUT2D eigenvalue weighted by Crippen LogP contribution is -2.21. The van der Waals surface area contributed by atoms with Crippen LogP contribution in [0.5, 0.6) is 0 Å². The van der Waals surface area contributed by atoms with Gasteiger partial charge in [0, 0.05) is 24.9 Å². The number of thiophene rings is 1. The first-order chi connectivity index (χ1) is 8.22. The second-order valence-corrected chi connectivity index (χ2v) is 4.80. The lowest BCUT2D eigenvalue weighted by Gasteiger charge is -2.21. The summed E-state index contributed by atoms with van der Waals surface area (Å²) in [4.78, 5) is 3.24. The molecular formula is C11H16N4OS. The summed E-state index contributed by atoms with van der Waals surface area (Å²) in [5.74, 6) is 0.590. The minimum Gasteiger partial charge on any atom is -0.408 e. The highest BCUT2D eigenvalue weighted by Gasteiger charge is 2.18. The van der Waals surface area contributed by atoms with Crippen molar-refractivity contribution in [3.8, 4) is 0 Å². The molecule has 0 aromatic carbocycles. The molecule has 1 atom stereocenters. The molecule has 2 heterocycles. The smallest absolute Gasteiger partial charge is 0.318 e. The molecule has 1 unspecified atom stereocenters. The monoisotopic (exact) mass is 252 g/mol. The van der Waals surface area contributed by atoms with Crippen LogP contribution < -0.4 is 10.6 Å². The highest BCUT2D eigenvalue weighted by molar-refractivity contribution is 7.10. The highest BCUT2D eigenvalue weighted by atomic mass is 32.1. The standard InChI is InChI=1S/C11H16N4OS/c1-8(9-4-3-7-17-9)15(2)11-14-13-10(16-11)5-6-12/h3-4,7-8H,5-6,12H2,1-2H3. The molecule has 6 heteroatoms. The first kappa shape index (κ1) is 12.1. The van der Waals surface area contributed by atoms with Crippen LogP contribution in [0.3, 0.4) is 0 Å². The van der Waals surface area contributed by atoms with E-state index in [1.54, 1.807) is 11.3 Å². The Morgan fingerprint density at radius 3 is 3.00 bits per heavy atom. The quantitative estimate of drug-likeness (QED) is 0.879. The molecule has 2 aromatic heterocycles. The van der Waals surface area contributed by atoms with Crippen molar-refractivity contribution in [1.82, 2.24) is 10.2 Å². The lowest BCUT2D eigenvalue weighted by molar-refractivity contribution is 0.480. The molecule has 0 bridgehead atoms. The SMILES string of the molecule is CC(c1cccs1)N(C)c1nnc(CCN)o1. The van der Waals surface area contributed by atoms with Gasteiger partial charge < -0.3 is 15.1 Å². The van der Waals surface area contributed by atoms with E-state index >= 15 is 0 Å². The highest BCUT2D eigenvalue weighted by Crippen LogP contribution is 2.27. The second-order valence-electron chi connectivity index (χ2n) is 3.82. The van der Waals surface area contributed by atoms with E-state index < -0.39 is 0 Å². The van der Waals surface area contributed by atoms with Crippen LogP contribution in [0, 0.1) is 0 Å².